The number of carbonyl (C=O) groups is 1. The summed E-state index contributed by atoms with van der Waals surface area (Å²) >= 11 is 1.52. The van der Waals surface area contributed by atoms with Crippen molar-refractivity contribution < 1.29 is 14.5 Å². The van der Waals surface area contributed by atoms with Gasteiger partial charge in [-0.2, -0.15) is 16.4 Å². The molecule has 0 atom stereocenters. The van der Waals surface area contributed by atoms with Gasteiger partial charge in [-0.05, 0) is 22.9 Å². The highest BCUT2D eigenvalue weighted by Crippen LogP contribution is 2.25. The molecule has 0 saturated heterocycles. The van der Waals surface area contributed by atoms with Crippen molar-refractivity contribution in [3.8, 4) is 5.75 Å². The fraction of sp³-hybridized carbons (Fsp3) is 0.0769. The van der Waals surface area contributed by atoms with Crippen molar-refractivity contribution in [3.05, 3.63) is 56.8 Å². The highest BCUT2D eigenvalue weighted by Gasteiger charge is 2.14. The molecule has 2 rings (SSSR count). The van der Waals surface area contributed by atoms with E-state index in [2.05, 4.69) is 10.5 Å². The first-order valence-corrected chi connectivity index (χ1v) is 6.81. The first kappa shape index (κ1) is 14.7. The van der Waals surface area contributed by atoms with Crippen molar-refractivity contribution >= 4 is 29.1 Å². The molecule has 0 aliphatic rings. The van der Waals surface area contributed by atoms with Crippen LogP contribution in [0.25, 0.3) is 0 Å². The second-order valence-corrected chi connectivity index (χ2v) is 4.64. The van der Waals surface area contributed by atoms with Gasteiger partial charge in [0.05, 0.1) is 11.1 Å². The normalized spacial score (nSPS) is 10.5. The Bertz CT molecular complexity index is 655. The molecule has 0 fully saturated rings. The first-order chi connectivity index (χ1) is 10.2. The van der Waals surface area contributed by atoms with Crippen molar-refractivity contribution in [1.82, 2.24) is 5.43 Å². The summed E-state index contributed by atoms with van der Waals surface area (Å²) in [6, 6.07) is 7.71. The molecule has 8 heteroatoms. The molecule has 1 N–H and O–H groups in total. The van der Waals surface area contributed by atoms with E-state index in [4.69, 9.17) is 4.74 Å². The van der Waals surface area contributed by atoms with Crippen LogP contribution in [-0.4, -0.2) is 23.7 Å². The van der Waals surface area contributed by atoms with Gasteiger partial charge in [-0.3, -0.25) is 14.9 Å². The highest BCUT2D eigenvalue weighted by molar-refractivity contribution is 7.08. The van der Waals surface area contributed by atoms with Crippen LogP contribution in [0.2, 0.25) is 0 Å². The van der Waals surface area contributed by atoms with Crippen molar-refractivity contribution in [2.24, 2.45) is 5.10 Å². The number of hydrogen-bond acceptors (Lipinski definition) is 6. The molecule has 0 bridgehead atoms. The van der Waals surface area contributed by atoms with Crippen molar-refractivity contribution in [3.63, 3.8) is 0 Å². The van der Waals surface area contributed by atoms with Gasteiger partial charge in [-0.25, -0.2) is 5.43 Å². The molecule has 1 aromatic heterocycles. The monoisotopic (exact) mass is 305 g/mol. The molecule has 0 radical (unpaired) electrons. The van der Waals surface area contributed by atoms with E-state index in [1.54, 1.807) is 6.07 Å². The molecule has 1 amide bonds. The van der Waals surface area contributed by atoms with E-state index in [1.165, 1.54) is 35.8 Å². The molecule has 7 nitrogen and oxygen atoms in total. The molecule has 1 aromatic carbocycles. The summed E-state index contributed by atoms with van der Waals surface area (Å²) in [7, 11) is 0. The molecule has 108 valence electrons. The number of thiophene rings is 1. The maximum Gasteiger partial charge on any atom is 0.310 e. The van der Waals surface area contributed by atoms with Crippen LogP contribution in [0.3, 0.4) is 0 Å². The van der Waals surface area contributed by atoms with Crippen LogP contribution in [-0.2, 0) is 4.79 Å². The summed E-state index contributed by atoms with van der Waals surface area (Å²) in [5, 5.41) is 18.3. The quantitative estimate of drug-likeness (QED) is 0.503. The van der Waals surface area contributed by atoms with E-state index in [0.29, 0.717) is 0 Å². The summed E-state index contributed by atoms with van der Waals surface area (Å²) in [5.74, 6) is -0.459. The number of benzene rings is 1. The van der Waals surface area contributed by atoms with Crippen molar-refractivity contribution in [2.45, 2.75) is 0 Å². The topological polar surface area (TPSA) is 93.8 Å². The Kier molecular flexibility index (Phi) is 4.99. The number of hydrogen-bond donors (Lipinski definition) is 1. The van der Waals surface area contributed by atoms with Gasteiger partial charge in [0.25, 0.3) is 5.91 Å². The second-order valence-electron chi connectivity index (χ2n) is 3.86. The lowest BCUT2D eigenvalue weighted by molar-refractivity contribution is -0.385. The predicted octanol–water partition coefficient (Wildman–Crippen LogP) is 2.19. The van der Waals surface area contributed by atoms with Gasteiger partial charge < -0.3 is 4.74 Å². The number of amides is 1. The van der Waals surface area contributed by atoms with E-state index in [9.17, 15) is 14.9 Å². The lowest BCUT2D eigenvalue weighted by Gasteiger charge is -2.05. The molecule has 21 heavy (non-hydrogen) atoms. The lowest BCUT2D eigenvalue weighted by Crippen LogP contribution is -2.24. The van der Waals surface area contributed by atoms with E-state index in [1.807, 2.05) is 16.8 Å². The van der Waals surface area contributed by atoms with Gasteiger partial charge in [-0.1, -0.05) is 12.1 Å². The van der Waals surface area contributed by atoms with Gasteiger partial charge in [0.1, 0.15) is 0 Å². The largest absolute Gasteiger partial charge is 0.477 e. The molecule has 0 aliphatic heterocycles. The van der Waals surface area contributed by atoms with Crippen LogP contribution in [0.4, 0.5) is 5.69 Å². The number of nitrogens with one attached hydrogen (secondary N) is 1. The van der Waals surface area contributed by atoms with Gasteiger partial charge in [0.2, 0.25) is 0 Å². The highest BCUT2D eigenvalue weighted by atomic mass is 32.1. The van der Waals surface area contributed by atoms with Crippen LogP contribution in [0.5, 0.6) is 5.75 Å². The molecule has 0 aliphatic carbocycles. The fourth-order valence-corrected chi connectivity index (χ4v) is 2.04. The number of nitro groups is 1. The Hall–Kier alpha value is -2.74. The summed E-state index contributed by atoms with van der Waals surface area (Å²) in [4.78, 5) is 21.7. The van der Waals surface area contributed by atoms with Crippen LogP contribution in [0.15, 0.2) is 46.2 Å². The minimum atomic E-state index is -0.567. The minimum absolute atomic E-state index is 0.0412. The molecular formula is C13H11N3O4S. The molecule has 0 saturated carbocycles. The number of carbonyl (C=O) groups excluding carboxylic acids is 1. The zero-order chi connectivity index (χ0) is 15.1. The zero-order valence-corrected chi connectivity index (χ0v) is 11.6. The Morgan fingerprint density at radius 2 is 2.24 bits per heavy atom. The number of rotatable bonds is 6. The van der Waals surface area contributed by atoms with Crippen LogP contribution < -0.4 is 10.2 Å². The van der Waals surface area contributed by atoms with Crippen molar-refractivity contribution in [1.29, 1.82) is 0 Å². The van der Waals surface area contributed by atoms with E-state index >= 15 is 0 Å². The third kappa shape index (κ3) is 4.39. The minimum Gasteiger partial charge on any atom is -0.477 e. The average molecular weight is 305 g/mol. The van der Waals surface area contributed by atoms with Crippen LogP contribution in [0.1, 0.15) is 5.56 Å². The fourth-order valence-electron chi connectivity index (χ4n) is 1.43. The number of para-hydroxylation sites is 2. The molecule has 2 aromatic rings. The third-order valence-electron chi connectivity index (χ3n) is 2.37. The maximum atomic E-state index is 11.5. The number of nitrogens with zero attached hydrogens (tertiary/aromatic N) is 2. The third-order valence-corrected chi connectivity index (χ3v) is 3.07. The SMILES string of the molecule is O=C(COc1ccccc1[N+](=O)[O-])N/N=C/c1ccsc1. The maximum absolute atomic E-state index is 11.5. The molecule has 0 spiro atoms. The first-order valence-electron chi connectivity index (χ1n) is 5.87. The van der Waals surface area contributed by atoms with Gasteiger partial charge in [-0.15, -0.1) is 0 Å². The summed E-state index contributed by atoms with van der Waals surface area (Å²) < 4.78 is 5.12. The van der Waals surface area contributed by atoms with E-state index in [-0.39, 0.29) is 18.0 Å². The summed E-state index contributed by atoms with van der Waals surface area (Å²) in [5.41, 5.74) is 2.97. The second kappa shape index (κ2) is 7.15. The number of hydrazone groups is 1. The zero-order valence-electron chi connectivity index (χ0n) is 10.8. The summed E-state index contributed by atoms with van der Waals surface area (Å²) in [6.07, 6.45) is 1.50. The molecular weight excluding hydrogens is 294 g/mol. The lowest BCUT2D eigenvalue weighted by atomic mass is 10.3. The average Bonchev–Trinajstić information content (AvgIpc) is 2.98. The van der Waals surface area contributed by atoms with Crippen LogP contribution >= 0.6 is 11.3 Å². The van der Waals surface area contributed by atoms with Gasteiger partial charge in [0.15, 0.2) is 12.4 Å². The molecule has 1 heterocycles. The van der Waals surface area contributed by atoms with Crippen molar-refractivity contribution in [2.75, 3.05) is 6.61 Å². The molecule has 0 unspecified atom stereocenters. The Balaban J connectivity index is 1.85. The van der Waals surface area contributed by atoms with E-state index in [0.717, 1.165) is 5.56 Å². The van der Waals surface area contributed by atoms with Gasteiger partial charge in [0, 0.05) is 11.6 Å². The Morgan fingerprint density at radius 1 is 1.43 bits per heavy atom. The number of nitro benzene ring substituents is 1. The standard InChI is InChI=1S/C13H11N3O4S/c17-13(15-14-7-10-5-6-21-9-10)8-20-12-4-2-1-3-11(12)16(18)19/h1-7,9H,8H2,(H,15,17)/b14-7+. The Labute approximate surface area is 124 Å². The van der Waals surface area contributed by atoms with E-state index < -0.39 is 10.8 Å². The summed E-state index contributed by atoms with van der Waals surface area (Å²) in [6.45, 7) is -0.355. The Morgan fingerprint density at radius 3 is 2.95 bits per heavy atom. The van der Waals surface area contributed by atoms with Crippen LogP contribution in [0, 0.1) is 10.1 Å². The van der Waals surface area contributed by atoms with Gasteiger partial charge >= 0.3 is 5.69 Å². The predicted molar refractivity (Wildman–Crippen MR) is 78.6 cm³/mol. The number of ether oxygens (including phenoxy) is 1. The smallest absolute Gasteiger partial charge is 0.310 e.